The van der Waals surface area contributed by atoms with Gasteiger partial charge in [0.05, 0.1) is 14.2 Å². The number of fused-ring (bicyclic) bond motifs is 1. The summed E-state index contributed by atoms with van der Waals surface area (Å²) in [5.74, 6) is 0.725. The largest absolute Gasteiger partial charge is 0.493 e. The summed E-state index contributed by atoms with van der Waals surface area (Å²) in [4.78, 5) is 24.6. The van der Waals surface area contributed by atoms with E-state index in [4.69, 9.17) is 14.2 Å². The SMILES string of the molecule is COc1ccc(-c2cccc3c2CNC3=O)c(OC(C2CCCC2)C2(C(=O)O)CC2)c1OC. The maximum absolute atomic E-state index is 12.3. The quantitative estimate of drug-likeness (QED) is 0.617. The summed E-state index contributed by atoms with van der Waals surface area (Å²) < 4.78 is 18.0. The van der Waals surface area contributed by atoms with E-state index in [0.717, 1.165) is 42.4 Å². The van der Waals surface area contributed by atoms with Crippen molar-refractivity contribution < 1.29 is 28.9 Å². The van der Waals surface area contributed by atoms with Crippen molar-refractivity contribution in [1.82, 2.24) is 5.32 Å². The summed E-state index contributed by atoms with van der Waals surface area (Å²) in [7, 11) is 3.13. The lowest BCUT2D eigenvalue weighted by molar-refractivity contribution is -0.148. The van der Waals surface area contributed by atoms with Gasteiger partial charge in [0.25, 0.3) is 5.91 Å². The number of carbonyl (C=O) groups is 2. The van der Waals surface area contributed by atoms with Crippen LogP contribution in [0.15, 0.2) is 30.3 Å². The van der Waals surface area contributed by atoms with Crippen LogP contribution < -0.4 is 19.5 Å². The second kappa shape index (κ2) is 8.28. The van der Waals surface area contributed by atoms with E-state index in [9.17, 15) is 14.7 Å². The molecule has 33 heavy (non-hydrogen) atoms. The summed E-state index contributed by atoms with van der Waals surface area (Å²) in [5, 5.41) is 13.0. The third-order valence-electron chi connectivity index (χ3n) is 7.47. The van der Waals surface area contributed by atoms with Crippen LogP contribution in [-0.4, -0.2) is 37.3 Å². The average molecular weight is 452 g/mol. The van der Waals surface area contributed by atoms with E-state index >= 15 is 0 Å². The number of aliphatic carboxylic acids is 1. The number of amides is 1. The molecule has 1 atom stereocenters. The Hall–Kier alpha value is -3.22. The lowest BCUT2D eigenvalue weighted by Crippen LogP contribution is -2.40. The van der Waals surface area contributed by atoms with Crippen LogP contribution in [0, 0.1) is 11.3 Å². The van der Waals surface area contributed by atoms with Crippen molar-refractivity contribution in [3.05, 3.63) is 41.5 Å². The van der Waals surface area contributed by atoms with Gasteiger partial charge < -0.3 is 24.6 Å². The molecule has 7 heteroatoms. The van der Waals surface area contributed by atoms with Gasteiger partial charge >= 0.3 is 5.97 Å². The molecular formula is C26H29NO6. The van der Waals surface area contributed by atoms with Crippen LogP contribution in [0.25, 0.3) is 11.1 Å². The molecule has 1 aliphatic heterocycles. The van der Waals surface area contributed by atoms with Crippen LogP contribution >= 0.6 is 0 Å². The van der Waals surface area contributed by atoms with E-state index < -0.39 is 17.5 Å². The second-order valence-corrected chi connectivity index (χ2v) is 9.24. The van der Waals surface area contributed by atoms with E-state index in [2.05, 4.69) is 5.32 Å². The molecule has 0 saturated heterocycles. The van der Waals surface area contributed by atoms with Crippen molar-refractivity contribution in [2.24, 2.45) is 11.3 Å². The van der Waals surface area contributed by atoms with Crippen LogP contribution in [0.5, 0.6) is 17.2 Å². The standard InChI is InChI=1S/C26H29NO6/c1-31-20-11-10-17(16-8-5-9-18-19(16)14-27-24(18)28)21(22(20)32-2)33-23(15-6-3-4-7-15)26(12-13-26)25(29)30/h5,8-11,15,23H,3-4,6-7,12-14H2,1-2H3,(H,27,28)(H,29,30). The number of ether oxygens (including phenoxy) is 3. The van der Waals surface area contributed by atoms with Crippen molar-refractivity contribution in [2.75, 3.05) is 14.2 Å². The summed E-state index contributed by atoms with van der Waals surface area (Å²) in [6, 6.07) is 9.35. The number of methoxy groups -OCH3 is 2. The van der Waals surface area contributed by atoms with Crippen LogP contribution in [0.1, 0.15) is 54.4 Å². The highest BCUT2D eigenvalue weighted by Crippen LogP contribution is 2.56. The number of carbonyl (C=O) groups excluding carboxylic acids is 1. The van der Waals surface area contributed by atoms with Gasteiger partial charge in [-0.25, -0.2) is 0 Å². The number of carboxylic acids is 1. The van der Waals surface area contributed by atoms with Gasteiger partial charge in [-0.15, -0.1) is 0 Å². The van der Waals surface area contributed by atoms with Crippen LogP contribution in [0.2, 0.25) is 0 Å². The van der Waals surface area contributed by atoms with Gasteiger partial charge in [-0.2, -0.15) is 0 Å². The molecular weight excluding hydrogens is 422 g/mol. The first-order chi connectivity index (χ1) is 16.0. The second-order valence-electron chi connectivity index (χ2n) is 9.24. The van der Waals surface area contributed by atoms with E-state index in [-0.39, 0.29) is 11.8 Å². The lowest BCUT2D eigenvalue weighted by atomic mass is 9.86. The first-order valence-electron chi connectivity index (χ1n) is 11.6. The molecule has 174 valence electrons. The van der Waals surface area contributed by atoms with Crippen molar-refractivity contribution >= 4 is 11.9 Å². The Morgan fingerprint density at radius 3 is 2.39 bits per heavy atom. The molecule has 0 aromatic heterocycles. The third-order valence-corrected chi connectivity index (χ3v) is 7.47. The molecule has 7 nitrogen and oxygen atoms in total. The van der Waals surface area contributed by atoms with Crippen LogP contribution in [-0.2, 0) is 11.3 Å². The van der Waals surface area contributed by atoms with E-state index in [1.54, 1.807) is 14.2 Å². The molecule has 1 unspecified atom stereocenters. The van der Waals surface area contributed by atoms with Gasteiger partial charge in [0.15, 0.2) is 11.5 Å². The number of benzene rings is 2. The maximum atomic E-state index is 12.3. The highest BCUT2D eigenvalue weighted by molar-refractivity contribution is 6.01. The number of nitrogens with one attached hydrogen (secondary N) is 1. The van der Waals surface area contributed by atoms with Crippen molar-refractivity contribution in [3.8, 4) is 28.4 Å². The van der Waals surface area contributed by atoms with Crippen LogP contribution in [0.3, 0.4) is 0 Å². The number of rotatable bonds is 8. The van der Waals surface area contributed by atoms with Crippen molar-refractivity contribution in [1.29, 1.82) is 0 Å². The Labute approximate surface area is 193 Å². The Bertz CT molecular complexity index is 1100. The van der Waals surface area contributed by atoms with E-state index in [1.807, 2.05) is 30.3 Å². The lowest BCUT2D eigenvalue weighted by Gasteiger charge is -2.32. The highest BCUT2D eigenvalue weighted by atomic mass is 16.5. The zero-order valence-corrected chi connectivity index (χ0v) is 19.0. The minimum atomic E-state index is -0.865. The maximum Gasteiger partial charge on any atom is 0.313 e. The van der Waals surface area contributed by atoms with Gasteiger partial charge in [-0.1, -0.05) is 25.0 Å². The number of carboxylic acid groups (broad SMARTS) is 1. The topological polar surface area (TPSA) is 94.1 Å². The third kappa shape index (κ3) is 3.50. The molecule has 2 aliphatic carbocycles. The molecule has 2 N–H and O–H groups in total. The molecule has 5 rings (SSSR count). The average Bonchev–Trinajstić information content (AvgIpc) is 3.28. The molecule has 1 amide bonds. The Morgan fingerprint density at radius 2 is 1.76 bits per heavy atom. The normalized spacial score (nSPS) is 19.5. The zero-order chi connectivity index (χ0) is 23.2. The smallest absolute Gasteiger partial charge is 0.313 e. The van der Waals surface area contributed by atoms with Gasteiger partial charge in [-0.3, -0.25) is 9.59 Å². The summed E-state index contributed by atoms with van der Waals surface area (Å²) in [6.07, 6.45) is 4.87. The predicted octanol–water partition coefficient (Wildman–Crippen LogP) is 4.42. The molecule has 0 radical (unpaired) electrons. The Morgan fingerprint density at radius 1 is 1.03 bits per heavy atom. The first kappa shape index (κ1) is 21.6. The van der Waals surface area contributed by atoms with Crippen molar-refractivity contribution in [3.63, 3.8) is 0 Å². The fraction of sp³-hybridized carbons (Fsp3) is 0.462. The van der Waals surface area contributed by atoms with Gasteiger partial charge in [0, 0.05) is 17.7 Å². The van der Waals surface area contributed by atoms with E-state index in [1.165, 1.54) is 0 Å². The molecule has 0 spiro atoms. The fourth-order valence-electron chi connectivity index (χ4n) is 5.54. The Balaban J connectivity index is 1.66. The minimum Gasteiger partial charge on any atom is -0.493 e. The molecule has 2 saturated carbocycles. The fourth-order valence-corrected chi connectivity index (χ4v) is 5.54. The summed E-state index contributed by atoms with van der Waals surface area (Å²) in [5.41, 5.74) is 2.31. The van der Waals surface area contributed by atoms with Gasteiger partial charge in [-0.05, 0) is 60.9 Å². The zero-order valence-electron chi connectivity index (χ0n) is 19.0. The van der Waals surface area contributed by atoms with Gasteiger partial charge in [0.1, 0.15) is 11.5 Å². The van der Waals surface area contributed by atoms with Crippen LogP contribution in [0.4, 0.5) is 0 Å². The highest BCUT2D eigenvalue weighted by Gasteiger charge is 2.60. The summed E-state index contributed by atoms with van der Waals surface area (Å²) >= 11 is 0. The monoisotopic (exact) mass is 451 g/mol. The van der Waals surface area contributed by atoms with Crippen molar-refractivity contribution in [2.45, 2.75) is 51.2 Å². The molecule has 2 aromatic rings. The number of hydrogen-bond donors (Lipinski definition) is 2. The molecule has 2 aromatic carbocycles. The molecule has 1 heterocycles. The predicted molar refractivity (Wildman–Crippen MR) is 122 cm³/mol. The van der Waals surface area contributed by atoms with E-state index in [0.29, 0.717) is 42.2 Å². The Kier molecular flexibility index (Phi) is 5.43. The minimum absolute atomic E-state index is 0.0959. The summed E-state index contributed by atoms with van der Waals surface area (Å²) in [6.45, 7) is 0.434. The number of hydrogen-bond acceptors (Lipinski definition) is 5. The molecule has 2 fully saturated rings. The first-order valence-corrected chi connectivity index (χ1v) is 11.6. The molecule has 3 aliphatic rings. The molecule has 0 bridgehead atoms. The van der Waals surface area contributed by atoms with Gasteiger partial charge in [0.2, 0.25) is 5.75 Å².